The summed E-state index contributed by atoms with van der Waals surface area (Å²) in [6.07, 6.45) is 2.42. The minimum absolute atomic E-state index is 0.347. The fourth-order valence-corrected chi connectivity index (χ4v) is 1.73. The molecule has 3 heteroatoms. The summed E-state index contributed by atoms with van der Waals surface area (Å²) < 4.78 is 12.9. The van der Waals surface area contributed by atoms with Crippen LogP contribution in [0.15, 0.2) is 29.3 Å². The summed E-state index contributed by atoms with van der Waals surface area (Å²) in [7, 11) is 0. The Morgan fingerprint density at radius 2 is 2.00 bits per heavy atom. The lowest BCUT2D eigenvalue weighted by Crippen LogP contribution is -2.02. The molecular weight excluding hydrogens is 193 g/mol. The van der Waals surface area contributed by atoms with Crippen LogP contribution in [0.2, 0.25) is 0 Å². The molecule has 1 atom stereocenters. The van der Waals surface area contributed by atoms with E-state index < -0.39 is 6.17 Å². The third kappa shape index (κ3) is 1.83. The summed E-state index contributed by atoms with van der Waals surface area (Å²) in [4.78, 5) is 14.1. The van der Waals surface area contributed by atoms with Crippen molar-refractivity contribution in [2.45, 2.75) is 31.5 Å². The highest BCUT2D eigenvalue weighted by molar-refractivity contribution is 5.41. The number of halogens is 1. The molecule has 2 rings (SSSR count). The van der Waals surface area contributed by atoms with Crippen LogP contribution in [0.4, 0.5) is 4.39 Å². The third-order valence-corrected chi connectivity index (χ3v) is 2.89. The topological polar surface area (TPSA) is 29.4 Å². The van der Waals surface area contributed by atoms with E-state index in [-0.39, 0.29) is 5.54 Å². The Hall–Kier alpha value is -1.47. The van der Waals surface area contributed by atoms with E-state index in [9.17, 15) is 9.18 Å². The molecule has 0 bridgehead atoms. The molecule has 0 amide bonds. The van der Waals surface area contributed by atoms with E-state index in [1.54, 1.807) is 18.2 Å². The number of benzene rings is 1. The molecule has 78 valence electrons. The van der Waals surface area contributed by atoms with Crippen molar-refractivity contribution < 1.29 is 9.18 Å². The van der Waals surface area contributed by atoms with Gasteiger partial charge in [0.15, 0.2) is 0 Å². The summed E-state index contributed by atoms with van der Waals surface area (Å²) in [6.45, 7) is 1.51. The lowest BCUT2D eigenvalue weighted by atomic mass is 10.0. The smallest absolute Gasteiger partial charge is 0.235 e. The maximum atomic E-state index is 12.9. The van der Waals surface area contributed by atoms with Crippen LogP contribution in [0.1, 0.15) is 37.1 Å². The molecule has 0 aromatic heterocycles. The van der Waals surface area contributed by atoms with Crippen LogP contribution in [0.5, 0.6) is 0 Å². The Balaban J connectivity index is 2.28. The summed E-state index contributed by atoms with van der Waals surface area (Å²) in [5.41, 5.74) is 1.29. The van der Waals surface area contributed by atoms with Crippen LogP contribution in [0.3, 0.4) is 0 Å². The molecule has 0 spiro atoms. The fourth-order valence-electron chi connectivity index (χ4n) is 1.73. The molecule has 2 nitrogen and oxygen atoms in total. The molecule has 1 aromatic rings. The molecule has 1 aromatic carbocycles. The molecule has 0 radical (unpaired) electrons. The van der Waals surface area contributed by atoms with Crippen LogP contribution in [-0.4, -0.2) is 6.08 Å². The quantitative estimate of drug-likeness (QED) is 0.551. The van der Waals surface area contributed by atoms with Gasteiger partial charge in [0.1, 0.15) is 6.17 Å². The number of hydrogen-bond acceptors (Lipinski definition) is 2. The first-order valence-corrected chi connectivity index (χ1v) is 5.01. The standard InChI is InChI=1S/C12H12FNO/c1-9(13)10-2-4-11(5-3-10)12(6-7-12)14-8-15/h2-5,9H,6-7H2,1H3. The normalized spacial score (nSPS) is 19.1. The van der Waals surface area contributed by atoms with Crippen LogP contribution in [-0.2, 0) is 10.3 Å². The van der Waals surface area contributed by atoms with Gasteiger partial charge in [-0.3, -0.25) is 0 Å². The Morgan fingerprint density at radius 1 is 1.40 bits per heavy atom. The molecule has 1 unspecified atom stereocenters. The lowest BCUT2D eigenvalue weighted by molar-refractivity contribution is 0.374. The minimum atomic E-state index is -0.955. The van der Waals surface area contributed by atoms with Crippen LogP contribution in [0.25, 0.3) is 0 Å². The molecular formula is C12H12FNO. The number of rotatable bonds is 3. The highest BCUT2D eigenvalue weighted by Crippen LogP contribution is 2.49. The molecule has 0 saturated heterocycles. The Kier molecular flexibility index (Phi) is 2.41. The van der Waals surface area contributed by atoms with Crippen molar-refractivity contribution in [1.82, 2.24) is 0 Å². The first-order valence-electron chi connectivity index (χ1n) is 5.01. The zero-order valence-corrected chi connectivity index (χ0v) is 8.53. The van der Waals surface area contributed by atoms with Gasteiger partial charge in [0.2, 0.25) is 6.08 Å². The van der Waals surface area contributed by atoms with Crippen molar-refractivity contribution in [3.05, 3.63) is 35.4 Å². The Morgan fingerprint density at radius 3 is 2.40 bits per heavy atom. The molecule has 1 aliphatic carbocycles. The summed E-state index contributed by atoms with van der Waals surface area (Å²) in [6, 6.07) is 7.19. The third-order valence-electron chi connectivity index (χ3n) is 2.89. The molecule has 1 aliphatic rings. The Bertz CT molecular complexity index is 400. The minimum Gasteiger partial charge on any atom is -0.243 e. The van der Waals surface area contributed by atoms with Crippen molar-refractivity contribution in [2.75, 3.05) is 0 Å². The van der Waals surface area contributed by atoms with Crippen LogP contribution >= 0.6 is 0 Å². The Labute approximate surface area is 87.8 Å². The van der Waals surface area contributed by atoms with Gasteiger partial charge in [0.05, 0.1) is 5.54 Å². The number of carbonyl (C=O) groups excluding carboxylic acids is 1. The highest BCUT2D eigenvalue weighted by atomic mass is 19.1. The monoisotopic (exact) mass is 205 g/mol. The molecule has 1 fully saturated rings. The van der Waals surface area contributed by atoms with Crippen LogP contribution < -0.4 is 0 Å². The number of hydrogen-bond donors (Lipinski definition) is 0. The van der Waals surface area contributed by atoms with Gasteiger partial charge in [-0.05, 0) is 30.9 Å². The van der Waals surface area contributed by atoms with E-state index in [4.69, 9.17) is 0 Å². The second kappa shape index (κ2) is 3.59. The maximum Gasteiger partial charge on any atom is 0.235 e. The molecule has 0 heterocycles. The zero-order valence-electron chi connectivity index (χ0n) is 8.53. The van der Waals surface area contributed by atoms with E-state index in [2.05, 4.69) is 4.99 Å². The zero-order chi connectivity index (χ0) is 10.9. The highest BCUT2D eigenvalue weighted by Gasteiger charge is 2.44. The summed E-state index contributed by atoms with van der Waals surface area (Å²) in [5, 5.41) is 0. The molecule has 0 N–H and O–H groups in total. The van der Waals surface area contributed by atoms with E-state index in [1.807, 2.05) is 12.1 Å². The summed E-state index contributed by atoms with van der Waals surface area (Å²) >= 11 is 0. The second-order valence-electron chi connectivity index (χ2n) is 3.97. The second-order valence-corrected chi connectivity index (χ2v) is 3.97. The van der Waals surface area contributed by atoms with E-state index in [0.29, 0.717) is 5.56 Å². The number of isocyanates is 1. The van der Waals surface area contributed by atoms with E-state index in [0.717, 1.165) is 18.4 Å². The molecule has 1 saturated carbocycles. The maximum absolute atomic E-state index is 12.9. The van der Waals surface area contributed by atoms with Crippen molar-refractivity contribution in [2.24, 2.45) is 4.99 Å². The van der Waals surface area contributed by atoms with Gasteiger partial charge in [-0.25, -0.2) is 9.18 Å². The first kappa shape index (κ1) is 10.1. The number of nitrogens with zero attached hydrogens (tertiary/aromatic N) is 1. The van der Waals surface area contributed by atoms with Gasteiger partial charge < -0.3 is 0 Å². The average Bonchev–Trinajstić information content (AvgIpc) is 3.00. The average molecular weight is 205 g/mol. The van der Waals surface area contributed by atoms with E-state index >= 15 is 0 Å². The van der Waals surface area contributed by atoms with Gasteiger partial charge >= 0.3 is 0 Å². The summed E-state index contributed by atoms with van der Waals surface area (Å²) in [5.74, 6) is 0. The number of aliphatic imine (C=N–C) groups is 1. The predicted molar refractivity (Wildman–Crippen MR) is 55.0 cm³/mol. The first-order chi connectivity index (χ1) is 7.18. The number of alkyl halides is 1. The van der Waals surface area contributed by atoms with E-state index in [1.165, 1.54) is 6.92 Å². The lowest BCUT2D eigenvalue weighted by Gasteiger charge is -2.09. The van der Waals surface area contributed by atoms with Gasteiger partial charge in [-0.2, -0.15) is 4.99 Å². The predicted octanol–water partition coefficient (Wildman–Crippen LogP) is 3.04. The van der Waals surface area contributed by atoms with Crippen molar-refractivity contribution in [1.29, 1.82) is 0 Å². The fraction of sp³-hybridized carbons (Fsp3) is 0.417. The largest absolute Gasteiger partial charge is 0.243 e. The van der Waals surface area contributed by atoms with Crippen molar-refractivity contribution in [3.63, 3.8) is 0 Å². The van der Waals surface area contributed by atoms with Crippen molar-refractivity contribution in [3.8, 4) is 0 Å². The van der Waals surface area contributed by atoms with Gasteiger partial charge in [-0.1, -0.05) is 24.3 Å². The van der Waals surface area contributed by atoms with Crippen molar-refractivity contribution >= 4 is 6.08 Å². The van der Waals surface area contributed by atoms with Crippen LogP contribution in [0, 0.1) is 0 Å². The van der Waals surface area contributed by atoms with Gasteiger partial charge in [0.25, 0.3) is 0 Å². The molecule has 15 heavy (non-hydrogen) atoms. The molecule has 0 aliphatic heterocycles. The SMILES string of the molecule is CC(F)c1ccc(C2(N=C=O)CC2)cc1. The van der Waals surface area contributed by atoms with Gasteiger partial charge in [-0.15, -0.1) is 0 Å². The van der Waals surface area contributed by atoms with Gasteiger partial charge in [0, 0.05) is 0 Å².